The van der Waals surface area contributed by atoms with E-state index in [0.717, 1.165) is 6.42 Å². The first-order chi connectivity index (χ1) is 7.61. The minimum atomic E-state index is -0.879. The van der Waals surface area contributed by atoms with Gasteiger partial charge in [-0.15, -0.1) is 0 Å². The van der Waals surface area contributed by atoms with Gasteiger partial charge in [0.1, 0.15) is 0 Å². The molecule has 0 spiro atoms. The number of aliphatic carboxylic acids is 1. The van der Waals surface area contributed by atoms with Crippen molar-refractivity contribution < 1.29 is 19.8 Å². The predicted molar refractivity (Wildman–Crippen MR) is 57.8 cm³/mol. The molecule has 5 heteroatoms. The highest BCUT2D eigenvalue weighted by atomic mass is 16.4. The van der Waals surface area contributed by atoms with E-state index in [4.69, 9.17) is 10.2 Å². The van der Waals surface area contributed by atoms with Crippen molar-refractivity contribution in [1.82, 2.24) is 4.90 Å². The second-order valence-corrected chi connectivity index (χ2v) is 4.12. The van der Waals surface area contributed by atoms with Crippen molar-refractivity contribution in [3.8, 4) is 0 Å². The molecule has 1 saturated carbocycles. The van der Waals surface area contributed by atoms with Crippen LogP contribution in [0.15, 0.2) is 0 Å². The summed E-state index contributed by atoms with van der Waals surface area (Å²) < 4.78 is 0. The number of carboxylic acid groups (broad SMARTS) is 1. The molecule has 1 aliphatic carbocycles. The van der Waals surface area contributed by atoms with E-state index in [1.54, 1.807) is 0 Å². The smallest absolute Gasteiger partial charge is 0.307 e. The van der Waals surface area contributed by atoms with Crippen molar-refractivity contribution in [3.05, 3.63) is 0 Å². The van der Waals surface area contributed by atoms with Gasteiger partial charge in [-0.05, 0) is 19.8 Å². The van der Waals surface area contributed by atoms with E-state index in [9.17, 15) is 9.59 Å². The Kier molecular flexibility index (Phi) is 4.73. The van der Waals surface area contributed by atoms with Gasteiger partial charge in [-0.25, -0.2) is 0 Å². The van der Waals surface area contributed by atoms with Gasteiger partial charge in [0.15, 0.2) is 0 Å². The van der Waals surface area contributed by atoms with Crippen LogP contribution in [0.25, 0.3) is 0 Å². The molecule has 2 unspecified atom stereocenters. The standard InChI is InChI=1S/C11H19NO4/c1-2-12(6-7-13)10(14)8-4-3-5-9(8)11(15)16/h8-9,13H,2-7H2,1H3,(H,15,16). The van der Waals surface area contributed by atoms with Crippen LogP contribution in [0.1, 0.15) is 26.2 Å². The van der Waals surface area contributed by atoms with Crippen molar-refractivity contribution in [2.75, 3.05) is 19.7 Å². The second kappa shape index (κ2) is 5.84. The van der Waals surface area contributed by atoms with Crippen LogP contribution < -0.4 is 0 Å². The average molecular weight is 229 g/mol. The highest BCUT2D eigenvalue weighted by molar-refractivity contribution is 5.85. The molecule has 1 amide bonds. The quantitative estimate of drug-likeness (QED) is 0.712. The molecule has 1 rings (SSSR count). The maximum absolute atomic E-state index is 12.0. The minimum absolute atomic E-state index is 0.0793. The lowest BCUT2D eigenvalue weighted by Gasteiger charge is -2.25. The summed E-state index contributed by atoms with van der Waals surface area (Å²) in [6, 6.07) is 0. The van der Waals surface area contributed by atoms with Gasteiger partial charge < -0.3 is 15.1 Å². The van der Waals surface area contributed by atoms with Gasteiger partial charge in [0.25, 0.3) is 0 Å². The summed E-state index contributed by atoms with van der Waals surface area (Å²) >= 11 is 0. The fraction of sp³-hybridized carbons (Fsp3) is 0.818. The van der Waals surface area contributed by atoms with Gasteiger partial charge >= 0.3 is 5.97 Å². The molecule has 0 heterocycles. The van der Waals surface area contributed by atoms with E-state index < -0.39 is 17.8 Å². The molecule has 5 nitrogen and oxygen atoms in total. The molecule has 0 radical (unpaired) electrons. The molecule has 1 fully saturated rings. The van der Waals surface area contributed by atoms with E-state index in [-0.39, 0.29) is 19.1 Å². The van der Waals surface area contributed by atoms with Gasteiger partial charge in [0.2, 0.25) is 5.91 Å². The monoisotopic (exact) mass is 229 g/mol. The van der Waals surface area contributed by atoms with Crippen LogP contribution in [0.5, 0.6) is 0 Å². The number of carbonyl (C=O) groups excluding carboxylic acids is 1. The van der Waals surface area contributed by atoms with Gasteiger partial charge in [-0.1, -0.05) is 6.42 Å². The van der Waals surface area contributed by atoms with Crippen molar-refractivity contribution in [2.24, 2.45) is 11.8 Å². The number of aliphatic hydroxyl groups excluding tert-OH is 1. The van der Waals surface area contributed by atoms with Crippen LogP contribution in [0.4, 0.5) is 0 Å². The van der Waals surface area contributed by atoms with Crippen LogP contribution in [0.2, 0.25) is 0 Å². The molecule has 0 aromatic heterocycles. The third-order valence-electron chi connectivity index (χ3n) is 3.21. The normalized spacial score (nSPS) is 24.4. The lowest BCUT2D eigenvalue weighted by molar-refractivity contribution is -0.149. The highest BCUT2D eigenvalue weighted by Crippen LogP contribution is 2.33. The van der Waals surface area contributed by atoms with Gasteiger partial charge in [0, 0.05) is 13.1 Å². The van der Waals surface area contributed by atoms with Crippen molar-refractivity contribution in [3.63, 3.8) is 0 Å². The van der Waals surface area contributed by atoms with Crippen LogP contribution in [-0.4, -0.2) is 46.7 Å². The Morgan fingerprint density at radius 2 is 1.94 bits per heavy atom. The molecule has 2 atom stereocenters. The number of carboxylic acids is 1. The zero-order valence-electron chi connectivity index (χ0n) is 9.56. The van der Waals surface area contributed by atoms with Gasteiger partial charge in [-0.3, -0.25) is 9.59 Å². The van der Waals surface area contributed by atoms with Gasteiger partial charge in [0.05, 0.1) is 18.4 Å². The molecule has 0 bridgehead atoms. The average Bonchev–Trinajstić information content (AvgIpc) is 2.73. The fourth-order valence-electron chi connectivity index (χ4n) is 2.33. The lowest BCUT2D eigenvalue weighted by atomic mass is 9.95. The third-order valence-corrected chi connectivity index (χ3v) is 3.21. The summed E-state index contributed by atoms with van der Waals surface area (Å²) in [5, 5.41) is 17.8. The molecule has 1 aliphatic rings. The highest BCUT2D eigenvalue weighted by Gasteiger charge is 2.39. The summed E-state index contributed by atoms with van der Waals surface area (Å²) in [6.07, 6.45) is 2.03. The largest absolute Gasteiger partial charge is 0.481 e. The lowest BCUT2D eigenvalue weighted by Crippen LogP contribution is -2.40. The van der Waals surface area contributed by atoms with Crippen molar-refractivity contribution in [2.45, 2.75) is 26.2 Å². The number of rotatable bonds is 5. The Hall–Kier alpha value is -1.10. The molecular weight excluding hydrogens is 210 g/mol. The molecule has 16 heavy (non-hydrogen) atoms. The maximum atomic E-state index is 12.0. The summed E-state index contributed by atoms with van der Waals surface area (Å²) in [7, 11) is 0. The third kappa shape index (κ3) is 2.72. The number of amides is 1. The van der Waals surface area contributed by atoms with E-state index in [0.29, 0.717) is 19.4 Å². The number of hydrogen-bond donors (Lipinski definition) is 2. The molecule has 2 N–H and O–H groups in total. The minimum Gasteiger partial charge on any atom is -0.481 e. The van der Waals surface area contributed by atoms with Crippen LogP contribution >= 0.6 is 0 Å². The van der Waals surface area contributed by atoms with Crippen LogP contribution in [-0.2, 0) is 9.59 Å². The molecule has 0 aromatic rings. The Bertz CT molecular complexity index is 267. The Labute approximate surface area is 95.1 Å². The van der Waals surface area contributed by atoms with Crippen molar-refractivity contribution >= 4 is 11.9 Å². The Morgan fingerprint density at radius 3 is 2.44 bits per heavy atom. The molecule has 0 saturated heterocycles. The molecule has 0 aliphatic heterocycles. The van der Waals surface area contributed by atoms with Gasteiger partial charge in [-0.2, -0.15) is 0 Å². The number of hydrogen-bond acceptors (Lipinski definition) is 3. The maximum Gasteiger partial charge on any atom is 0.307 e. The first-order valence-electron chi connectivity index (χ1n) is 5.74. The van der Waals surface area contributed by atoms with E-state index in [2.05, 4.69) is 0 Å². The zero-order chi connectivity index (χ0) is 12.1. The van der Waals surface area contributed by atoms with Crippen LogP contribution in [0, 0.1) is 11.8 Å². The fourth-order valence-corrected chi connectivity index (χ4v) is 2.33. The molecule has 92 valence electrons. The summed E-state index contributed by atoms with van der Waals surface area (Å²) in [4.78, 5) is 24.5. The summed E-state index contributed by atoms with van der Waals surface area (Å²) in [5.41, 5.74) is 0. The molecule has 0 aromatic carbocycles. The van der Waals surface area contributed by atoms with Crippen LogP contribution in [0.3, 0.4) is 0 Å². The SMILES string of the molecule is CCN(CCO)C(=O)C1CCCC1C(=O)O. The number of aliphatic hydroxyl groups is 1. The number of nitrogens with zero attached hydrogens (tertiary/aromatic N) is 1. The predicted octanol–water partition coefficient (Wildman–Crippen LogP) is 0.328. The van der Waals surface area contributed by atoms with E-state index in [1.165, 1.54) is 4.90 Å². The topological polar surface area (TPSA) is 77.8 Å². The molecular formula is C11H19NO4. The second-order valence-electron chi connectivity index (χ2n) is 4.12. The van der Waals surface area contributed by atoms with E-state index >= 15 is 0 Å². The first-order valence-corrected chi connectivity index (χ1v) is 5.74. The number of carbonyl (C=O) groups is 2. The first kappa shape index (κ1) is 13.0. The van der Waals surface area contributed by atoms with E-state index in [1.807, 2.05) is 6.92 Å². The summed E-state index contributed by atoms with van der Waals surface area (Å²) in [6.45, 7) is 2.56. The zero-order valence-corrected chi connectivity index (χ0v) is 9.56. The Morgan fingerprint density at radius 1 is 1.31 bits per heavy atom. The Balaban J connectivity index is 2.67. The number of likely N-dealkylation sites (N-methyl/N-ethyl adjacent to an activating group) is 1. The summed E-state index contributed by atoms with van der Waals surface area (Å²) in [5.74, 6) is -1.94. The van der Waals surface area contributed by atoms with Crippen molar-refractivity contribution in [1.29, 1.82) is 0 Å².